The van der Waals surface area contributed by atoms with Gasteiger partial charge in [-0.05, 0) is 46.6 Å². The van der Waals surface area contributed by atoms with Crippen molar-refractivity contribution < 1.29 is 13.9 Å². The van der Waals surface area contributed by atoms with E-state index < -0.39 is 0 Å². The molecule has 0 N–H and O–H groups in total. The molecule has 116 valence electrons. The topological polar surface area (TPSA) is 51.8 Å². The van der Waals surface area contributed by atoms with Crippen LogP contribution >= 0.6 is 38.5 Å². The third-order valence-electron chi connectivity index (χ3n) is 2.84. The van der Waals surface area contributed by atoms with E-state index in [0.717, 1.165) is 26.8 Å². The second kappa shape index (κ2) is 8.47. The summed E-state index contributed by atoms with van der Waals surface area (Å²) in [7, 11) is 0. The van der Waals surface area contributed by atoms with Crippen LogP contribution in [0, 0.1) is 3.77 Å². The molecule has 0 unspecified atom stereocenters. The Labute approximate surface area is 151 Å². The van der Waals surface area contributed by atoms with Crippen molar-refractivity contribution in [1.82, 2.24) is 0 Å². The van der Waals surface area contributed by atoms with Gasteiger partial charge in [0, 0.05) is 28.7 Å². The van der Waals surface area contributed by atoms with E-state index in [1.165, 1.54) is 0 Å². The number of esters is 1. The lowest BCUT2D eigenvalue weighted by molar-refractivity contribution is 0.0500. The molecule has 0 saturated heterocycles. The van der Waals surface area contributed by atoms with E-state index in [4.69, 9.17) is 9.15 Å². The summed E-state index contributed by atoms with van der Waals surface area (Å²) in [5.41, 5.74) is 1.28. The van der Waals surface area contributed by atoms with Gasteiger partial charge in [0.2, 0.25) is 0 Å². The predicted molar refractivity (Wildman–Crippen MR) is 98.0 cm³/mol. The van der Waals surface area contributed by atoms with Gasteiger partial charge >= 0.3 is 5.97 Å². The van der Waals surface area contributed by atoms with Crippen LogP contribution in [-0.4, -0.2) is 18.8 Å². The molecule has 0 fully saturated rings. The summed E-state index contributed by atoms with van der Waals surface area (Å²) >= 11 is 5.48. The number of ether oxygens (including phenoxy) is 1. The highest BCUT2D eigenvalue weighted by molar-refractivity contribution is 14.1. The van der Waals surface area contributed by atoms with Gasteiger partial charge in [0.15, 0.2) is 3.77 Å². The molecule has 0 atom stereocenters. The lowest BCUT2D eigenvalue weighted by Crippen LogP contribution is -2.05. The number of carbonyl (C=O) groups is 1. The van der Waals surface area contributed by atoms with Crippen molar-refractivity contribution in [1.29, 1.82) is 0 Å². The van der Waals surface area contributed by atoms with Gasteiger partial charge in [0.05, 0.1) is 28.5 Å². The number of carbonyl (C=O) groups excluding carboxylic acids is 1. The Morgan fingerprint density at radius 3 is 2.73 bits per heavy atom. The highest BCUT2D eigenvalue weighted by Crippen LogP contribution is 2.22. The van der Waals surface area contributed by atoms with Crippen LogP contribution in [0.2, 0.25) is 0 Å². The fraction of sp³-hybridized carbons (Fsp3) is 0.250. The third kappa shape index (κ3) is 4.95. The number of benzene rings is 1. The van der Waals surface area contributed by atoms with Crippen molar-refractivity contribution in [2.45, 2.75) is 19.8 Å². The lowest BCUT2D eigenvalue weighted by atomic mass is 10.2. The number of furan rings is 1. The fourth-order valence-corrected chi connectivity index (χ4v) is 2.36. The van der Waals surface area contributed by atoms with E-state index in [2.05, 4.69) is 50.4 Å². The normalized spacial score (nSPS) is 11.0. The first-order valence-electron chi connectivity index (χ1n) is 6.86. The summed E-state index contributed by atoms with van der Waals surface area (Å²) in [6, 6.07) is 8.82. The van der Waals surface area contributed by atoms with Gasteiger partial charge in [-0.25, -0.2) is 4.79 Å². The maximum atomic E-state index is 11.8. The van der Waals surface area contributed by atoms with Crippen LogP contribution < -0.4 is 0 Å². The van der Waals surface area contributed by atoms with Crippen molar-refractivity contribution in [3.05, 3.63) is 49.9 Å². The second-order valence-corrected chi connectivity index (χ2v) is 6.40. The molecular formula is C16H15BrINO3. The molecule has 0 aliphatic heterocycles. The number of aliphatic imine (C=N–C) groups is 1. The van der Waals surface area contributed by atoms with E-state index in [1.807, 2.05) is 6.07 Å². The van der Waals surface area contributed by atoms with Crippen molar-refractivity contribution in [3.8, 4) is 0 Å². The van der Waals surface area contributed by atoms with Crippen molar-refractivity contribution in [2.75, 3.05) is 6.61 Å². The molecule has 22 heavy (non-hydrogen) atoms. The zero-order valence-electron chi connectivity index (χ0n) is 12.0. The summed E-state index contributed by atoms with van der Waals surface area (Å²) in [5, 5.41) is 0. The first-order valence-corrected chi connectivity index (χ1v) is 8.73. The van der Waals surface area contributed by atoms with E-state index in [-0.39, 0.29) is 5.97 Å². The number of rotatable bonds is 6. The van der Waals surface area contributed by atoms with Crippen LogP contribution in [-0.2, 0) is 4.74 Å². The number of unbranched alkanes of at least 4 members (excludes halogenated alkanes) is 1. The minimum absolute atomic E-state index is 0.298. The monoisotopic (exact) mass is 475 g/mol. The van der Waals surface area contributed by atoms with Crippen LogP contribution in [0.25, 0.3) is 0 Å². The molecule has 1 aromatic heterocycles. The quantitative estimate of drug-likeness (QED) is 0.245. The first-order chi connectivity index (χ1) is 10.6. The van der Waals surface area contributed by atoms with Crippen LogP contribution in [0.15, 0.2) is 44.2 Å². The molecule has 0 aliphatic rings. The Bertz CT molecular complexity index is 645. The lowest BCUT2D eigenvalue weighted by Gasteiger charge is -2.03. The molecule has 0 bridgehead atoms. The van der Waals surface area contributed by atoms with Gasteiger partial charge in [-0.2, -0.15) is 0 Å². The number of halogens is 2. The highest BCUT2D eigenvalue weighted by atomic mass is 127. The zero-order valence-corrected chi connectivity index (χ0v) is 15.8. The molecule has 2 aromatic rings. The Balaban J connectivity index is 1.98. The zero-order chi connectivity index (χ0) is 15.9. The Kier molecular flexibility index (Phi) is 6.63. The van der Waals surface area contributed by atoms with Gasteiger partial charge in [-0.3, -0.25) is 4.99 Å². The summed E-state index contributed by atoms with van der Waals surface area (Å²) in [4.78, 5) is 16.1. The smallest absolute Gasteiger partial charge is 0.338 e. The predicted octanol–water partition coefficient (Wildman–Crippen LogP) is 5.35. The number of nitrogens with zero attached hydrogens (tertiary/aromatic N) is 1. The van der Waals surface area contributed by atoms with Crippen molar-refractivity contribution in [2.24, 2.45) is 4.99 Å². The van der Waals surface area contributed by atoms with Crippen LogP contribution in [0.1, 0.15) is 35.9 Å². The summed E-state index contributed by atoms with van der Waals surface area (Å²) in [5.74, 6) is 0.368. The van der Waals surface area contributed by atoms with E-state index >= 15 is 0 Å². The van der Waals surface area contributed by atoms with Crippen LogP contribution in [0.5, 0.6) is 0 Å². The molecule has 0 amide bonds. The SMILES string of the molecule is CCCCOC(=O)c1ccc(N=Cc2cc(Br)c(I)o2)cc1. The molecular weight excluding hydrogens is 461 g/mol. The fourth-order valence-electron chi connectivity index (χ4n) is 1.64. The Morgan fingerprint density at radius 1 is 1.41 bits per heavy atom. The Morgan fingerprint density at radius 2 is 2.14 bits per heavy atom. The first kappa shape index (κ1) is 17.2. The minimum atomic E-state index is -0.298. The standard InChI is InChI=1S/C16H15BrINO3/c1-2-3-8-21-16(20)11-4-6-12(7-5-11)19-10-13-9-14(17)15(18)22-13/h4-7,9-10H,2-3,8H2,1H3. The van der Waals surface area contributed by atoms with Crippen LogP contribution in [0.3, 0.4) is 0 Å². The average Bonchev–Trinajstić information content (AvgIpc) is 2.84. The Hall–Kier alpha value is -1.15. The number of hydrogen-bond donors (Lipinski definition) is 0. The van der Waals surface area contributed by atoms with Gasteiger partial charge in [0.1, 0.15) is 5.76 Å². The van der Waals surface area contributed by atoms with Crippen molar-refractivity contribution >= 4 is 56.4 Å². The highest BCUT2D eigenvalue weighted by Gasteiger charge is 2.06. The third-order valence-corrected chi connectivity index (χ3v) is 4.97. The molecule has 1 aromatic carbocycles. The van der Waals surface area contributed by atoms with E-state index in [0.29, 0.717) is 17.9 Å². The molecule has 0 saturated carbocycles. The molecule has 1 heterocycles. The van der Waals surface area contributed by atoms with Gasteiger partial charge in [0.25, 0.3) is 0 Å². The molecule has 0 radical (unpaired) electrons. The maximum Gasteiger partial charge on any atom is 0.338 e. The molecule has 0 spiro atoms. The van der Waals surface area contributed by atoms with Crippen LogP contribution in [0.4, 0.5) is 5.69 Å². The van der Waals surface area contributed by atoms with Crippen molar-refractivity contribution in [3.63, 3.8) is 0 Å². The van der Waals surface area contributed by atoms with E-state index in [9.17, 15) is 4.79 Å². The maximum absolute atomic E-state index is 11.8. The molecule has 6 heteroatoms. The average molecular weight is 476 g/mol. The van der Waals surface area contributed by atoms with Gasteiger partial charge < -0.3 is 9.15 Å². The van der Waals surface area contributed by atoms with Gasteiger partial charge in [-0.1, -0.05) is 13.3 Å². The molecule has 4 nitrogen and oxygen atoms in total. The summed E-state index contributed by atoms with van der Waals surface area (Å²) in [6.45, 7) is 2.51. The second-order valence-electron chi connectivity index (χ2n) is 4.56. The summed E-state index contributed by atoms with van der Waals surface area (Å²) in [6.07, 6.45) is 3.52. The van der Waals surface area contributed by atoms with Gasteiger partial charge in [-0.15, -0.1) is 0 Å². The van der Waals surface area contributed by atoms with E-state index in [1.54, 1.807) is 30.5 Å². The largest absolute Gasteiger partial charge is 0.462 e. The number of hydrogen-bond acceptors (Lipinski definition) is 4. The molecule has 2 rings (SSSR count). The molecule has 0 aliphatic carbocycles. The summed E-state index contributed by atoms with van der Waals surface area (Å²) < 4.78 is 12.3. The minimum Gasteiger partial charge on any atom is -0.462 e.